The zero-order chi connectivity index (χ0) is 14.5. The van der Waals surface area contributed by atoms with E-state index in [0.717, 1.165) is 37.3 Å². The van der Waals surface area contributed by atoms with Crippen molar-refractivity contribution in [2.45, 2.75) is 26.7 Å². The number of carbonyl (C=O) groups is 1. The quantitative estimate of drug-likeness (QED) is 0.824. The molecule has 0 aliphatic carbocycles. The molecular formula is C13H21N5O2. The number of hydrogen-bond acceptors (Lipinski definition) is 6. The predicted molar refractivity (Wildman–Crippen MR) is 74.9 cm³/mol. The highest BCUT2D eigenvalue weighted by atomic mass is 16.4. The van der Waals surface area contributed by atoms with Gasteiger partial charge in [-0.05, 0) is 12.8 Å². The molecule has 1 N–H and O–H groups in total. The molecule has 1 aliphatic heterocycles. The summed E-state index contributed by atoms with van der Waals surface area (Å²) < 4.78 is 0. The summed E-state index contributed by atoms with van der Waals surface area (Å²) in [6.45, 7) is 7.13. The maximum atomic E-state index is 10.7. The second-order valence-corrected chi connectivity index (χ2v) is 4.87. The summed E-state index contributed by atoms with van der Waals surface area (Å²) in [5.41, 5.74) is 1.96. The summed E-state index contributed by atoms with van der Waals surface area (Å²) in [6.07, 6.45) is 1.69. The lowest BCUT2D eigenvalue weighted by Crippen LogP contribution is -2.48. The zero-order valence-electron chi connectivity index (χ0n) is 12.0. The minimum absolute atomic E-state index is 0.0991. The predicted octanol–water partition coefficient (Wildman–Crippen LogP) is 0.203. The van der Waals surface area contributed by atoms with Gasteiger partial charge in [-0.2, -0.15) is 5.10 Å². The van der Waals surface area contributed by atoms with Crippen LogP contribution >= 0.6 is 0 Å². The van der Waals surface area contributed by atoms with Crippen LogP contribution < -0.4 is 4.90 Å². The van der Waals surface area contributed by atoms with Gasteiger partial charge in [0.05, 0.1) is 17.9 Å². The molecule has 0 amide bonds. The molecule has 2 rings (SSSR count). The van der Waals surface area contributed by atoms with Gasteiger partial charge in [0.2, 0.25) is 5.95 Å². The molecule has 0 saturated carbocycles. The summed E-state index contributed by atoms with van der Waals surface area (Å²) in [5, 5.41) is 17.2. The number of nitrogens with zero attached hydrogens (tertiary/aromatic N) is 5. The molecule has 20 heavy (non-hydrogen) atoms. The Bertz CT molecular complexity index is 472. The molecule has 1 aliphatic rings. The van der Waals surface area contributed by atoms with Crippen molar-refractivity contribution in [3.63, 3.8) is 0 Å². The fraction of sp³-hybridized carbons (Fsp3) is 0.692. The van der Waals surface area contributed by atoms with E-state index in [1.807, 2.05) is 4.90 Å². The molecule has 110 valence electrons. The summed E-state index contributed by atoms with van der Waals surface area (Å²) in [5.74, 6) is -0.119. The standard InChI is InChI=1S/C13H21N5O2/c1-3-10-11(4-2)15-16-13(14-10)18-7-5-17(6-8-18)9-12(19)20/h3-9H2,1-2H3,(H,19,20). The summed E-state index contributed by atoms with van der Waals surface area (Å²) in [7, 11) is 0. The Labute approximate surface area is 118 Å². The van der Waals surface area contributed by atoms with Crippen molar-refractivity contribution in [3.8, 4) is 0 Å². The number of carboxylic acid groups (broad SMARTS) is 1. The molecule has 0 unspecified atom stereocenters. The minimum Gasteiger partial charge on any atom is -0.480 e. The lowest BCUT2D eigenvalue weighted by molar-refractivity contribution is -0.138. The van der Waals surface area contributed by atoms with E-state index < -0.39 is 5.97 Å². The smallest absolute Gasteiger partial charge is 0.317 e. The molecule has 0 bridgehead atoms. The Morgan fingerprint density at radius 1 is 1.10 bits per heavy atom. The van der Waals surface area contributed by atoms with Crippen LogP contribution in [0.25, 0.3) is 0 Å². The number of rotatable bonds is 5. The lowest BCUT2D eigenvalue weighted by atomic mass is 10.2. The fourth-order valence-electron chi connectivity index (χ4n) is 2.36. The number of aryl methyl sites for hydroxylation is 2. The van der Waals surface area contributed by atoms with Crippen molar-refractivity contribution in [2.75, 3.05) is 37.6 Å². The molecule has 1 aromatic rings. The van der Waals surface area contributed by atoms with Crippen molar-refractivity contribution in [1.82, 2.24) is 20.1 Å². The molecule has 0 spiro atoms. The van der Waals surface area contributed by atoms with E-state index in [4.69, 9.17) is 5.11 Å². The molecule has 1 aromatic heterocycles. The average molecular weight is 279 g/mol. The summed E-state index contributed by atoms with van der Waals surface area (Å²) in [4.78, 5) is 19.3. The second-order valence-electron chi connectivity index (χ2n) is 4.87. The largest absolute Gasteiger partial charge is 0.480 e. The Balaban J connectivity index is 2.01. The first-order chi connectivity index (χ1) is 9.63. The maximum absolute atomic E-state index is 10.7. The average Bonchev–Trinajstić information content (AvgIpc) is 2.46. The van der Waals surface area contributed by atoms with Crippen molar-refractivity contribution >= 4 is 11.9 Å². The molecule has 0 atom stereocenters. The van der Waals surface area contributed by atoms with Gasteiger partial charge in [0.15, 0.2) is 0 Å². The van der Waals surface area contributed by atoms with E-state index in [9.17, 15) is 4.79 Å². The van der Waals surface area contributed by atoms with Gasteiger partial charge in [0, 0.05) is 26.2 Å². The highest BCUT2D eigenvalue weighted by molar-refractivity contribution is 5.69. The van der Waals surface area contributed by atoms with Crippen LogP contribution in [0.2, 0.25) is 0 Å². The maximum Gasteiger partial charge on any atom is 0.317 e. The number of hydrogen-bond donors (Lipinski definition) is 1. The van der Waals surface area contributed by atoms with Crippen LogP contribution in [-0.4, -0.2) is 63.9 Å². The molecule has 0 radical (unpaired) electrons. The van der Waals surface area contributed by atoms with E-state index in [2.05, 4.69) is 33.9 Å². The van der Waals surface area contributed by atoms with Gasteiger partial charge in [-0.25, -0.2) is 4.98 Å². The first-order valence-electron chi connectivity index (χ1n) is 7.05. The first-order valence-corrected chi connectivity index (χ1v) is 7.05. The van der Waals surface area contributed by atoms with Gasteiger partial charge in [0.25, 0.3) is 0 Å². The van der Waals surface area contributed by atoms with Crippen molar-refractivity contribution < 1.29 is 9.90 Å². The molecule has 7 heteroatoms. The van der Waals surface area contributed by atoms with Crippen LogP contribution in [0, 0.1) is 0 Å². The summed E-state index contributed by atoms with van der Waals surface area (Å²) >= 11 is 0. The Hall–Kier alpha value is -1.76. The van der Waals surface area contributed by atoms with Crippen LogP contribution in [0.3, 0.4) is 0 Å². The van der Waals surface area contributed by atoms with Crippen molar-refractivity contribution in [3.05, 3.63) is 11.4 Å². The van der Waals surface area contributed by atoms with E-state index >= 15 is 0 Å². The van der Waals surface area contributed by atoms with Gasteiger partial charge in [-0.15, -0.1) is 5.10 Å². The van der Waals surface area contributed by atoms with Crippen LogP contribution in [-0.2, 0) is 17.6 Å². The molecule has 2 heterocycles. The number of carboxylic acids is 1. The van der Waals surface area contributed by atoms with E-state index in [1.165, 1.54) is 0 Å². The molecule has 1 fully saturated rings. The van der Waals surface area contributed by atoms with Crippen LogP contribution in [0.15, 0.2) is 0 Å². The number of aliphatic carboxylic acids is 1. The minimum atomic E-state index is -0.781. The van der Waals surface area contributed by atoms with Crippen LogP contribution in [0.4, 0.5) is 5.95 Å². The SMILES string of the molecule is CCc1nnc(N2CCN(CC(=O)O)CC2)nc1CC. The Morgan fingerprint density at radius 3 is 2.30 bits per heavy atom. The second kappa shape index (κ2) is 6.60. The monoisotopic (exact) mass is 279 g/mol. The molecule has 7 nitrogen and oxygen atoms in total. The van der Waals surface area contributed by atoms with E-state index in [1.54, 1.807) is 0 Å². The van der Waals surface area contributed by atoms with Gasteiger partial charge in [-0.1, -0.05) is 13.8 Å². The Morgan fingerprint density at radius 2 is 1.75 bits per heavy atom. The molecule has 0 aromatic carbocycles. The first kappa shape index (κ1) is 14.6. The van der Waals surface area contributed by atoms with Gasteiger partial charge >= 0.3 is 5.97 Å². The highest BCUT2D eigenvalue weighted by Crippen LogP contribution is 2.13. The summed E-state index contributed by atoms with van der Waals surface area (Å²) in [6, 6.07) is 0. The van der Waals surface area contributed by atoms with E-state index in [0.29, 0.717) is 19.0 Å². The van der Waals surface area contributed by atoms with Crippen molar-refractivity contribution in [2.24, 2.45) is 0 Å². The number of aromatic nitrogens is 3. The third-order valence-electron chi connectivity index (χ3n) is 3.51. The van der Waals surface area contributed by atoms with Gasteiger partial charge < -0.3 is 10.0 Å². The molecule has 1 saturated heterocycles. The third kappa shape index (κ3) is 3.41. The fourth-order valence-corrected chi connectivity index (χ4v) is 2.36. The third-order valence-corrected chi connectivity index (χ3v) is 3.51. The van der Waals surface area contributed by atoms with Crippen molar-refractivity contribution in [1.29, 1.82) is 0 Å². The Kier molecular flexibility index (Phi) is 4.84. The number of piperazine rings is 1. The highest BCUT2D eigenvalue weighted by Gasteiger charge is 2.21. The van der Waals surface area contributed by atoms with E-state index in [-0.39, 0.29) is 6.54 Å². The lowest BCUT2D eigenvalue weighted by Gasteiger charge is -2.33. The zero-order valence-corrected chi connectivity index (χ0v) is 12.0. The normalized spacial score (nSPS) is 16.4. The van der Waals surface area contributed by atoms with Gasteiger partial charge in [0.1, 0.15) is 0 Å². The molecular weight excluding hydrogens is 258 g/mol. The van der Waals surface area contributed by atoms with Gasteiger partial charge in [-0.3, -0.25) is 9.69 Å². The van der Waals surface area contributed by atoms with Crippen LogP contribution in [0.1, 0.15) is 25.2 Å². The number of anilines is 1. The topological polar surface area (TPSA) is 82.5 Å². The van der Waals surface area contributed by atoms with Crippen LogP contribution in [0.5, 0.6) is 0 Å².